The number of nitrogens with one attached hydrogen (secondary N) is 1. The summed E-state index contributed by atoms with van der Waals surface area (Å²) in [5, 5.41) is 7.77. The van der Waals surface area contributed by atoms with Gasteiger partial charge in [-0.2, -0.15) is 5.10 Å². The number of aliphatic imine (C=N–C) groups is 1. The maximum Gasteiger partial charge on any atom is 0.193 e. The van der Waals surface area contributed by atoms with Crippen LogP contribution in [0.25, 0.3) is 0 Å². The number of hydrogen-bond acceptors (Lipinski definition) is 3. The lowest BCUT2D eigenvalue weighted by molar-refractivity contribution is -0.00800. The predicted octanol–water partition coefficient (Wildman–Crippen LogP) is 2.91. The second-order valence-corrected chi connectivity index (χ2v) is 8.42. The molecule has 0 saturated carbocycles. The van der Waals surface area contributed by atoms with Crippen LogP contribution in [0.3, 0.4) is 0 Å². The Kier molecular flexibility index (Phi) is 6.39. The molecule has 6 heteroatoms. The molecule has 1 saturated heterocycles. The van der Waals surface area contributed by atoms with Gasteiger partial charge in [-0.05, 0) is 23.0 Å². The van der Waals surface area contributed by atoms with Crippen LogP contribution in [0.5, 0.6) is 0 Å². The van der Waals surface area contributed by atoms with Crippen molar-refractivity contribution < 1.29 is 4.74 Å². The molecule has 152 valence electrons. The Morgan fingerprint density at radius 3 is 2.64 bits per heavy atom. The van der Waals surface area contributed by atoms with Crippen LogP contribution in [-0.2, 0) is 23.6 Å². The number of morpholine rings is 1. The number of ether oxygens (including phenoxy) is 1. The Balaban J connectivity index is 1.53. The molecule has 2 heterocycles. The van der Waals surface area contributed by atoms with Crippen LogP contribution in [0.15, 0.2) is 41.7 Å². The Morgan fingerprint density at radius 2 is 2.04 bits per heavy atom. The van der Waals surface area contributed by atoms with Gasteiger partial charge >= 0.3 is 0 Å². The van der Waals surface area contributed by atoms with Gasteiger partial charge < -0.3 is 15.0 Å². The molecule has 0 spiro atoms. The number of benzene rings is 1. The van der Waals surface area contributed by atoms with Gasteiger partial charge in [0, 0.05) is 38.9 Å². The summed E-state index contributed by atoms with van der Waals surface area (Å²) in [6, 6.07) is 8.95. The maximum absolute atomic E-state index is 5.94. The fourth-order valence-electron chi connectivity index (χ4n) is 3.47. The van der Waals surface area contributed by atoms with Gasteiger partial charge in [0.25, 0.3) is 0 Å². The van der Waals surface area contributed by atoms with E-state index in [0.717, 1.165) is 37.6 Å². The van der Waals surface area contributed by atoms with Crippen LogP contribution in [0, 0.1) is 0 Å². The normalized spacial score (nSPS) is 18.4. The van der Waals surface area contributed by atoms with Gasteiger partial charge in [-0.1, -0.05) is 45.0 Å². The highest BCUT2D eigenvalue weighted by Gasteiger charge is 2.25. The molecule has 1 aliphatic heterocycles. The first-order valence-corrected chi connectivity index (χ1v) is 10.0. The van der Waals surface area contributed by atoms with E-state index in [2.05, 4.69) is 65.3 Å². The minimum Gasteiger partial charge on any atom is -0.370 e. The summed E-state index contributed by atoms with van der Waals surface area (Å²) in [7, 11) is 3.77. The third kappa shape index (κ3) is 5.13. The molecule has 1 aromatic carbocycles. The smallest absolute Gasteiger partial charge is 0.193 e. The third-order valence-corrected chi connectivity index (χ3v) is 5.19. The zero-order chi connectivity index (χ0) is 20.1. The van der Waals surface area contributed by atoms with Crippen molar-refractivity contribution >= 4 is 5.96 Å². The summed E-state index contributed by atoms with van der Waals surface area (Å²) >= 11 is 0. The minimum atomic E-state index is 0.0333. The van der Waals surface area contributed by atoms with E-state index in [-0.39, 0.29) is 11.5 Å². The van der Waals surface area contributed by atoms with E-state index in [9.17, 15) is 0 Å². The van der Waals surface area contributed by atoms with Gasteiger partial charge in [-0.15, -0.1) is 0 Å². The van der Waals surface area contributed by atoms with Crippen LogP contribution in [0.2, 0.25) is 0 Å². The van der Waals surface area contributed by atoms with E-state index < -0.39 is 0 Å². The summed E-state index contributed by atoms with van der Waals surface area (Å²) in [6.07, 6.45) is 4.91. The van der Waals surface area contributed by atoms with Crippen molar-refractivity contribution in [3.05, 3.63) is 53.3 Å². The zero-order valence-corrected chi connectivity index (χ0v) is 17.8. The Morgan fingerprint density at radius 1 is 1.29 bits per heavy atom. The average molecular weight is 384 g/mol. The number of aryl methyl sites for hydroxylation is 1. The van der Waals surface area contributed by atoms with E-state index in [4.69, 9.17) is 4.74 Å². The number of rotatable bonds is 4. The van der Waals surface area contributed by atoms with E-state index in [1.165, 1.54) is 11.1 Å². The van der Waals surface area contributed by atoms with Crippen molar-refractivity contribution in [1.82, 2.24) is 20.0 Å². The van der Waals surface area contributed by atoms with Gasteiger partial charge in [0.2, 0.25) is 0 Å². The van der Waals surface area contributed by atoms with Gasteiger partial charge in [0.1, 0.15) is 6.10 Å². The second-order valence-electron chi connectivity index (χ2n) is 8.42. The van der Waals surface area contributed by atoms with Crippen LogP contribution in [-0.4, -0.2) is 53.9 Å². The van der Waals surface area contributed by atoms with E-state index >= 15 is 0 Å². The topological polar surface area (TPSA) is 54.7 Å². The van der Waals surface area contributed by atoms with Crippen molar-refractivity contribution in [3.8, 4) is 0 Å². The van der Waals surface area contributed by atoms with Crippen molar-refractivity contribution in [1.29, 1.82) is 0 Å². The highest BCUT2D eigenvalue weighted by atomic mass is 16.5. The summed E-state index contributed by atoms with van der Waals surface area (Å²) in [6.45, 7) is 9.91. The van der Waals surface area contributed by atoms with E-state index in [1.807, 2.05) is 31.2 Å². The molecule has 0 bridgehead atoms. The molecule has 0 amide bonds. The Bertz CT molecular complexity index is 788. The summed E-state index contributed by atoms with van der Waals surface area (Å²) < 4.78 is 7.75. The number of aromatic nitrogens is 2. The average Bonchev–Trinajstić information content (AvgIpc) is 3.11. The van der Waals surface area contributed by atoms with Crippen molar-refractivity contribution in [2.24, 2.45) is 12.0 Å². The fraction of sp³-hybridized carbons (Fsp3) is 0.545. The Labute approximate surface area is 168 Å². The molecule has 28 heavy (non-hydrogen) atoms. The monoisotopic (exact) mass is 383 g/mol. The second kappa shape index (κ2) is 8.78. The molecule has 1 atom stereocenters. The fourth-order valence-corrected chi connectivity index (χ4v) is 3.47. The maximum atomic E-state index is 5.94. The number of guanidine groups is 1. The highest BCUT2D eigenvalue weighted by molar-refractivity contribution is 5.80. The van der Waals surface area contributed by atoms with Gasteiger partial charge in [0.15, 0.2) is 5.96 Å². The predicted molar refractivity (Wildman–Crippen MR) is 114 cm³/mol. The largest absolute Gasteiger partial charge is 0.370 e. The molecule has 1 fully saturated rings. The molecule has 2 aromatic rings. The van der Waals surface area contributed by atoms with Crippen molar-refractivity contribution in [2.75, 3.05) is 33.3 Å². The third-order valence-electron chi connectivity index (χ3n) is 5.19. The molecule has 6 nitrogen and oxygen atoms in total. The molecule has 1 aromatic heterocycles. The summed E-state index contributed by atoms with van der Waals surface area (Å²) in [5.41, 5.74) is 4.02. The van der Waals surface area contributed by atoms with E-state index in [1.54, 1.807) is 0 Å². The van der Waals surface area contributed by atoms with Crippen LogP contribution < -0.4 is 5.32 Å². The van der Waals surface area contributed by atoms with Crippen LogP contribution >= 0.6 is 0 Å². The van der Waals surface area contributed by atoms with Crippen LogP contribution in [0.1, 0.15) is 43.6 Å². The lowest BCUT2D eigenvalue weighted by Gasteiger charge is -2.34. The first-order chi connectivity index (χ1) is 13.4. The minimum absolute atomic E-state index is 0.0333. The quantitative estimate of drug-likeness (QED) is 0.652. The zero-order valence-electron chi connectivity index (χ0n) is 17.8. The lowest BCUT2D eigenvalue weighted by Crippen LogP contribution is -2.48. The molecule has 1 unspecified atom stereocenters. The van der Waals surface area contributed by atoms with Gasteiger partial charge in [-0.3, -0.25) is 9.67 Å². The molecule has 1 N–H and O–H groups in total. The molecule has 0 aliphatic carbocycles. The summed E-state index contributed by atoms with van der Waals surface area (Å²) in [5.74, 6) is 0.934. The van der Waals surface area contributed by atoms with E-state index in [0.29, 0.717) is 6.61 Å². The molecule has 0 radical (unpaired) electrons. The molecular weight excluding hydrogens is 350 g/mol. The lowest BCUT2D eigenvalue weighted by atomic mass is 9.86. The highest BCUT2D eigenvalue weighted by Crippen LogP contribution is 2.23. The molecule has 3 rings (SSSR count). The van der Waals surface area contributed by atoms with Crippen molar-refractivity contribution in [2.45, 2.75) is 38.7 Å². The first-order valence-electron chi connectivity index (χ1n) is 10.0. The van der Waals surface area contributed by atoms with Crippen LogP contribution in [0.4, 0.5) is 0 Å². The van der Waals surface area contributed by atoms with Crippen molar-refractivity contribution in [3.63, 3.8) is 0 Å². The Hall–Kier alpha value is -2.34. The summed E-state index contributed by atoms with van der Waals surface area (Å²) in [4.78, 5) is 6.75. The van der Waals surface area contributed by atoms with Gasteiger partial charge in [-0.25, -0.2) is 0 Å². The molecule has 1 aliphatic rings. The number of nitrogens with zero attached hydrogens (tertiary/aromatic N) is 4. The molecular formula is C22H33N5O. The SMILES string of the molecule is CN=C(NCCc1ccc(C(C)(C)C)cc1)N1CCOC(c2cnn(C)c2)C1. The van der Waals surface area contributed by atoms with Gasteiger partial charge in [0.05, 0.1) is 19.3 Å². The number of hydrogen-bond donors (Lipinski definition) is 1. The first kappa shape index (κ1) is 20.4. The standard InChI is InChI=1S/C22H33N5O/c1-22(2,3)19-8-6-17(7-9-19)10-11-24-21(23-4)27-12-13-28-20(16-27)18-14-25-26(5)15-18/h6-9,14-15,20H,10-13,16H2,1-5H3,(H,23,24).